The van der Waals surface area contributed by atoms with Crippen LogP contribution >= 0.6 is 0 Å². The zero-order valence-corrected chi connectivity index (χ0v) is 22.6. The highest BCUT2D eigenvalue weighted by molar-refractivity contribution is 6.14. The second-order valence-electron chi connectivity index (χ2n) is 10.3. The van der Waals surface area contributed by atoms with Crippen LogP contribution in [0.1, 0.15) is 11.1 Å². The van der Waals surface area contributed by atoms with E-state index in [2.05, 4.69) is 42.5 Å². The first-order chi connectivity index (χ1) is 21.2. The van der Waals surface area contributed by atoms with Crippen molar-refractivity contribution in [3.63, 3.8) is 0 Å². The van der Waals surface area contributed by atoms with E-state index in [1.165, 1.54) is 0 Å². The Morgan fingerprint density at radius 2 is 1.12 bits per heavy atom. The molecular weight excluding hydrogens is 530 g/mol. The first-order valence-electron chi connectivity index (χ1n) is 13.7. The molecule has 2 heterocycles. The number of nitriles is 2. The van der Waals surface area contributed by atoms with Crippen LogP contribution in [0.15, 0.2) is 120 Å². The Bertz CT molecular complexity index is 2470. The number of hydrogen-bond donors (Lipinski definition) is 0. The van der Waals surface area contributed by atoms with Gasteiger partial charge in [-0.25, -0.2) is 15.0 Å². The third kappa shape index (κ3) is 3.98. The van der Waals surface area contributed by atoms with Gasteiger partial charge in [-0.05, 0) is 46.5 Å². The SMILES string of the molecule is N#Cc1cc(C#N)cc(-c2nc(-c3cccc4c3oc3ccccc34)nc(-c3cccc4ccc5ccccc5c34)n2)c1. The molecular formula is C37H19N5O. The Morgan fingerprint density at radius 1 is 0.512 bits per heavy atom. The average Bonchev–Trinajstić information content (AvgIpc) is 3.46. The number of fused-ring (bicyclic) bond motifs is 6. The number of benzene rings is 6. The van der Waals surface area contributed by atoms with Gasteiger partial charge in [0.25, 0.3) is 0 Å². The molecule has 6 heteroatoms. The fraction of sp³-hybridized carbons (Fsp3) is 0. The quantitative estimate of drug-likeness (QED) is 0.204. The molecule has 0 spiro atoms. The summed E-state index contributed by atoms with van der Waals surface area (Å²) in [5, 5.41) is 25.6. The molecule has 0 amide bonds. The largest absolute Gasteiger partial charge is 0.455 e. The van der Waals surface area contributed by atoms with E-state index in [-0.39, 0.29) is 0 Å². The van der Waals surface area contributed by atoms with E-state index in [4.69, 9.17) is 19.4 Å². The van der Waals surface area contributed by atoms with Crippen molar-refractivity contribution >= 4 is 43.5 Å². The predicted molar refractivity (Wildman–Crippen MR) is 168 cm³/mol. The van der Waals surface area contributed by atoms with Crippen LogP contribution < -0.4 is 0 Å². The van der Waals surface area contributed by atoms with Gasteiger partial charge >= 0.3 is 0 Å². The monoisotopic (exact) mass is 549 g/mol. The van der Waals surface area contributed by atoms with E-state index in [1.54, 1.807) is 18.2 Å². The minimum Gasteiger partial charge on any atom is -0.455 e. The van der Waals surface area contributed by atoms with Crippen LogP contribution in [-0.4, -0.2) is 15.0 Å². The molecule has 0 saturated heterocycles. The van der Waals surface area contributed by atoms with Gasteiger partial charge in [0.2, 0.25) is 0 Å². The van der Waals surface area contributed by atoms with Crippen LogP contribution in [0.3, 0.4) is 0 Å². The Labute approximate surface area is 245 Å². The summed E-state index contributed by atoms with van der Waals surface area (Å²) in [6, 6.07) is 41.7. The van der Waals surface area contributed by atoms with Gasteiger partial charge < -0.3 is 4.42 Å². The fourth-order valence-corrected chi connectivity index (χ4v) is 5.80. The van der Waals surface area contributed by atoms with E-state index < -0.39 is 0 Å². The molecule has 0 radical (unpaired) electrons. The minimum atomic E-state index is 0.355. The van der Waals surface area contributed by atoms with Crippen LogP contribution in [0.25, 0.3) is 77.6 Å². The molecule has 2 aromatic heterocycles. The molecule has 0 aliphatic rings. The summed E-state index contributed by atoms with van der Waals surface area (Å²) in [5.74, 6) is 1.28. The van der Waals surface area contributed by atoms with Gasteiger partial charge in [0.1, 0.15) is 11.2 Å². The summed E-state index contributed by atoms with van der Waals surface area (Å²) in [6.45, 7) is 0. The molecule has 0 bridgehead atoms. The normalized spacial score (nSPS) is 11.2. The summed E-state index contributed by atoms with van der Waals surface area (Å²) in [7, 11) is 0. The molecule has 0 fully saturated rings. The van der Waals surface area contributed by atoms with Crippen molar-refractivity contribution in [1.82, 2.24) is 15.0 Å². The number of furan rings is 1. The van der Waals surface area contributed by atoms with E-state index in [0.717, 1.165) is 49.0 Å². The third-order valence-corrected chi connectivity index (χ3v) is 7.74. The van der Waals surface area contributed by atoms with Gasteiger partial charge in [-0.15, -0.1) is 0 Å². The molecule has 0 atom stereocenters. The van der Waals surface area contributed by atoms with Gasteiger partial charge in [0.15, 0.2) is 17.5 Å². The number of hydrogen-bond acceptors (Lipinski definition) is 6. The second kappa shape index (κ2) is 9.62. The van der Waals surface area contributed by atoms with Gasteiger partial charge in [0, 0.05) is 27.3 Å². The number of para-hydroxylation sites is 2. The van der Waals surface area contributed by atoms with E-state index in [0.29, 0.717) is 39.7 Å². The van der Waals surface area contributed by atoms with E-state index >= 15 is 0 Å². The summed E-state index contributed by atoms with van der Waals surface area (Å²) < 4.78 is 6.34. The maximum Gasteiger partial charge on any atom is 0.167 e. The Hall–Kier alpha value is -6.37. The molecule has 0 unspecified atom stereocenters. The molecule has 0 saturated carbocycles. The first kappa shape index (κ1) is 24.4. The molecule has 6 nitrogen and oxygen atoms in total. The number of rotatable bonds is 3. The van der Waals surface area contributed by atoms with Crippen molar-refractivity contribution in [2.75, 3.05) is 0 Å². The molecule has 0 aliphatic carbocycles. The number of nitrogens with zero attached hydrogens (tertiary/aromatic N) is 5. The summed E-state index contributed by atoms with van der Waals surface area (Å²) in [5.41, 5.74) is 4.30. The Kier molecular flexibility index (Phi) is 5.47. The fourth-order valence-electron chi connectivity index (χ4n) is 5.80. The lowest BCUT2D eigenvalue weighted by atomic mass is 9.97. The van der Waals surface area contributed by atoms with Crippen molar-refractivity contribution in [1.29, 1.82) is 10.5 Å². The van der Waals surface area contributed by atoms with Crippen LogP contribution in [0, 0.1) is 22.7 Å². The van der Waals surface area contributed by atoms with Crippen molar-refractivity contribution in [2.24, 2.45) is 0 Å². The number of aromatic nitrogens is 3. The molecule has 8 rings (SSSR count). The lowest BCUT2D eigenvalue weighted by molar-refractivity contribution is 0.669. The second-order valence-corrected chi connectivity index (χ2v) is 10.3. The standard InChI is InChI=1S/C37H19N5O/c38-20-22-17-23(21-39)19-26(18-22)35-40-36(30-12-5-8-25-16-15-24-7-1-2-9-27(24)33(25)30)42-37(41-35)31-13-6-11-29-28-10-3-4-14-32(28)43-34(29)31/h1-19H. The van der Waals surface area contributed by atoms with Crippen molar-refractivity contribution in [3.05, 3.63) is 126 Å². The molecule has 8 aromatic rings. The van der Waals surface area contributed by atoms with Crippen molar-refractivity contribution < 1.29 is 4.42 Å². The van der Waals surface area contributed by atoms with E-state index in [1.807, 2.05) is 66.7 Å². The van der Waals surface area contributed by atoms with Gasteiger partial charge in [0.05, 0.1) is 28.8 Å². The first-order valence-corrected chi connectivity index (χ1v) is 13.7. The van der Waals surface area contributed by atoms with Gasteiger partial charge in [-0.3, -0.25) is 0 Å². The summed E-state index contributed by atoms with van der Waals surface area (Å²) in [6.07, 6.45) is 0. The Morgan fingerprint density at radius 3 is 1.93 bits per heavy atom. The maximum atomic E-state index is 9.68. The van der Waals surface area contributed by atoms with Gasteiger partial charge in [-0.1, -0.05) is 84.9 Å². The molecule has 0 aliphatic heterocycles. The summed E-state index contributed by atoms with van der Waals surface area (Å²) in [4.78, 5) is 14.9. The van der Waals surface area contributed by atoms with Gasteiger partial charge in [-0.2, -0.15) is 10.5 Å². The molecule has 0 N–H and O–H groups in total. The van der Waals surface area contributed by atoms with E-state index in [9.17, 15) is 10.5 Å². The lowest BCUT2D eigenvalue weighted by Gasteiger charge is -2.12. The topological polar surface area (TPSA) is 99.4 Å². The van der Waals surface area contributed by atoms with Crippen LogP contribution in [-0.2, 0) is 0 Å². The lowest BCUT2D eigenvalue weighted by Crippen LogP contribution is -2.01. The highest BCUT2D eigenvalue weighted by Crippen LogP contribution is 2.38. The average molecular weight is 550 g/mol. The van der Waals surface area contributed by atoms with Crippen LogP contribution in [0.2, 0.25) is 0 Å². The highest BCUT2D eigenvalue weighted by Gasteiger charge is 2.19. The van der Waals surface area contributed by atoms with Crippen molar-refractivity contribution in [2.45, 2.75) is 0 Å². The van der Waals surface area contributed by atoms with Crippen molar-refractivity contribution in [3.8, 4) is 46.3 Å². The predicted octanol–water partition coefficient (Wildman–Crippen LogP) is 8.82. The Balaban J connectivity index is 1.46. The maximum absolute atomic E-state index is 9.68. The molecule has 198 valence electrons. The molecule has 6 aromatic carbocycles. The summed E-state index contributed by atoms with van der Waals surface area (Å²) >= 11 is 0. The van der Waals surface area contributed by atoms with Crippen LogP contribution in [0.5, 0.6) is 0 Å². The third-order valence-electron chi connectivity index (χ3n) is 7.74. The zero-order chi connectivity index (χ0) is 28.9. The smallest absolute Gasteiger partial charge is 0.167 e. The highest BCUT2D eigenvalue weighted by atomic mass is 16.3. The van der Waals surface area contributed by atoms with Crippen LogP contribution in [0.4, 0.5) is 0 Å². The zero-order valence-electron chi connectivity index (χ0n) is 22.6. The molecule has 43 heavy (non-hydrogen) atoms. The minimum absolute atomic E-state index is 0.355.